The maximum Gasteiger partial charge on any atom is 0.410 e. The first-order valence-electron chi connectivity index (χ1n) is 7.94. The zero-order chi connectivity index (χ0) is 17.2. The average Bonchev–Trinajstić information content (AvgIpc) is 2.41. The van der Waals surface area contributed by atoms with Gasteiger partial charge in [-0.3, -0.25) is 0 Å². The lowest BCUT2D eigenvalue weighted by molar-refractivity contribution is 0.00119. The van der Waals surface area contributed by atoms with Gasteiger partial charge in [0.2, 0.25) is 0 Å². The van der Waals surface area contributed by atoms with Gasteiger partial charge in [-0.25, -0.2) is 4.79 Å². The van der Waals surface area contributed by atoms with Crippen LogP contribution in [0.1, 0.15) is 32.8 Å². The smallest absolute Gasteiger partial charge is 0.410 e. The summed E-state index contributed by atoms with van der Waals surface area (Å²) in [6.07, 6.45) is -0.421. The van der Waals surface area contributed by atoms with E-state index in [4.69, 9.17) is 10.5 Å². The third kappa shape index (κ3) is 4.76. The number of nitrogens with two attached hydrogens (primary N) is 1. The number of nitrogens with zero attached hydrogens (tertiary/aromatic N) is 1. The van der Waals surface area contributed by atoms with Crippen molar-refractivity contribution >= 4 is 17.5 Å². The molecular formula is C17H27N3O3. The second kappa shape index (κ2) is 6.66. The van der Waals surface area contributed by atoms with Crippen molar-refractivity contribution in [2.45, 2.75) is 51.9 Å². The monoisotopic (exact) mass is 321 g/mol. The first kappa shape index (κ1) is 17.4. The van der Waals surface area contributed by atoms with Gasteiger partial charge < -0.3 is 25.8 Å². The first-order chi connectivity index (χ1) is 10.7. The van der Waals surface area contributed by atoms with Crippen LogP contribution in [0.5, 0.6) is 0 Å². The SMILES string of the molecule is Cc1ccc(N[C@H]2CCN(C(=O)OC(C)(C)C)C[C@@H]2O)c(N)c1. The van der Waals surface area contributed by atoms with E-state index in [9.17, 15) is 9.90 Å². The Kier molecular flexibility index (Phi) is 5.04. The Morgan fingerprint density at radius 1 is 1.43 bits per heavy atom. The predicted octanol–water partition coefficient (Wildman–Crippen LogP) is 2.36. The number of aliphatic hydroxyl groups excluding tert-OH is 1. The second-order valence-electron chi connectivity index (χ2n) is 7.12. The Hall–Kier alpha value is -1.95. The molecule has 1 amide bonds. The molecule has 6 nitrogen and oxygen atoms in total. The lowest BCUT2D eigenvalue weighted by atomic mass is 10.0. The number of carbonyl (C=O) groups excluding carboxylic acids is 1. The van der Waals surface area contributed by atoms with E-state index in [0.29, 0.717) is 18.7 Å². The molecule has 4 N–H and O–H groups in total. The fourth-order valence-electron chi connectivity index (χ4n) is 2.61. The van der Waals surface area contributed by atoms with Crippen molar-refractivity contribution in [1.29, 1.82) is 0 Å². The number of hydrogen-bond acceptors (Lipinski definition) is 5. The lowest BCUT2D eigenvalue weighted by Crippen LogP contribution is -2.52. The molecule has 1 aromatic carbocycles. The number of piperidine rings is 1. The molecular weight excluding hydrogens is 294 g/mol. The average molecular weight is 321 g/mol. The quantitative estimate of drug-likeness (QED) is 0.728. The van der Waals surface area contributed by atoms with E-state index < -0.39 is 11.7 Å². The molecule has 1 aromatic rings. The van der Waals surface area contributed by atoms with Crippen molar-refractivity contribution in [3.63, 3.8) is 0 Å². The highest BCUT2D eigenvalue weighted by atomic mass is 16.6. The molecule has 0 saturated carbocycles. The summed E-state index contributed by atoms with van der Waals surface area (Å²) in [6.45, 7) is 8.25. The second-order valence-corrected chi connectivity index (χ2v) is 7.12. The highest BCUT2D eigenvalue weighted by Gasteiger charge is 2.32. The summed E-state index contributed by atoms with van der Waals surface area (Å²) in [7, 11) is 0. The highest BCUT2D eigenvalue weighted by Crippen LogP contribution is 2.24. The Bertz CT molecular complexity index is 569. The number of aliphatic hydroxyl groups is 1. The van der Waals surface area contributed by atoms with Crippen LogP contribution in [0.3, 0.4) is 0 Å². The van der Waals surface area contributed by atoms with Crippen molar-refractivity contribution in [3.05, 3.63) is 23.8 Å². The molecule has 1 saturated heterocycles. The minimum Gasteiger partial charge on any atom is -0.444 e. The molecule has 2 atom stereocenters. The van der Waals surface area contributed by atoms with E-state index >= 15 is 0 Å². The highest BCUT2D eigenvalue weighted by molar-refractivity contribution is 5.69. The number of aryl methyl sites for hydroxylation is 1. The maximum atomic E-state index is 12.1. The number of anilines is 2. The minimum atomic E-state index is -0.669. The van der Waals surface area contributed by atoms with Gasteiger partial charge in [-0.2, -0.15) is 0 Å². The van der Waals surface area contributed by atoms with E-state index in [1.807, 2.05) is 45.9 Å². The molecule has 1 aliphatic rings. The van der Waals surface area contributed by atoms with Crippen LogP contribution in [0.15, 0.2) is 18.2 Å². The fraction of sp³-hybridized carbons (Fsp3) is 0.588. The normalized spacial score (nSPS) is 21.9. The van der Waals surface area contributed by atoms with Gasteiger partial charge in [0.15, 0.2) is 0 Å². The van der Waals surface area contributed by atoms with E-state index in [1.54, 1.807) is 4.90 Å². The number of likely N-dealkylation sites (tertiary alicyclic amines) is 1. The first-order valence-corrected chi connectivity index (χ1v) is 7.94. The Morgan fingerprint density at radius 2 is 2.13 bits per heavy atom. The van der Waals surface area contributed by atoms with Crippen molar-refractivity contribution in [2.24, 2.45) is 0 Å². The largest absolute Gasteiger partial charge is 0.444 e. The van der Waals surface area contributed by atoms with Crippen LogP contribution >= 0.6 is 0 Å². The molecule has 1 heterocycles. The fourth-order valence-corrected chi connectivity index (χ4v) is 2.61. The van der Waals surface area contributed by atoms with Crippen molar-refractivity contribution < 1.29 is 14.6 Å². The van der Waals surface area contributed by atoms with Crippen LogP contribution in [0.2, 0.25) is 0 Å². The van der Waals surface area contributed by atoms with Crippen LogP contribution in [-0.2, 0) is 4.74 Å². The summed E-state index contributed by atoms with van der Waals surface area (Å²) >= 11 is 0. The van der Waals surface area contributed by atoms with E-state index in [-0.39, 0.29) is 18.7 Å². The van der Waals surface area contributed by atoms with Gasteiger partial charge in [0.05, 0.1) is 30.1 Å². The summed E-state index contributed by atoms with van der Waals surface area (Å²) in [4.78, 5) is 13.6. The molecule has 1 aliphatic heterocycles. The summed E-state index contributed by atoms with van der Waals surface area (Å²) in [5, 5.41) is 13.6. The molecule has 128 valence electrons. The number of nitrogen functional groups attached to an aromatic ring is 1. The Balaban J connectivity index is 1.95. The summed E-state index contributed by atoms with van der Waals surface area (Å²) in [6, 6.07) is 5.64. The molecule has 0 aromatic heterocycles. The van der Waals surface area contributed by atoms with Crippen LogP contribution in [0.25, 0.3) is 0 Å². The minimum absolute atomic E-state index is 0.140. The summed E-state index contributed by atoms with van der Waals surface area (Å²) in [5.41, 5.74) is 8.03. The molecule has 0 aliphatic carbocycles. The van der Waals surface area contributed by atoms with Gasteiger partial charge in [0.25, 0.3) is 0 Å². The number of rotatable bonds is 2. The third-order valence-electron chi connectivity index (χ3n) is 3.78. The Labute approximate surface area is 137 Å². The van der Waals surface area contributed by atoms with Crippen LogP contribution in [0, 0.1) is 6.92 Å². The van der Waals surface area contributed by atoms with Crippen LogP contribution < -0.4 is 11.1 Å². The van der Waals surface area contributed by atoms with Crippen molar-refractivity contribution in [2.75, 3.05) is 24.1 Å². The van der Waals surface area contributed by atoms with Gasteiger partial charge in [0, 0.05) is 6.54 Å². The van der Waals surface area contributed by atoms with E-state index in [0.717, 1.165) is 11.3 Å². The number of carbonyl (C=O) groups is 1. The van der Waals surface area contributed by atoms with Gasteiger partial charge in [0.1, 0.15) is 5.60 Å². The molecule has 0 bridgehead atoms. The van der Waals surface area contributed by atoms with Gasteiger partial charge in [-0.15, -0.1) is 0 Å². The Morgan fingerprint density at radius 3 is 2.70 bits per heavy atom. The number of nitrogens with one attached hydrogen (secondary N) is 1. The summed E-state index contributed by atoms with van der Waals surface area (Å²) in [5.74, 6) is 0. The number of ether oxygens (including phenoxy) is 1. The standard InChI is InChI=1S/C17H27N3O3/c1-11-5-6-13(12(18)9-11)19-14-7-8-20(10-15(14)21)16(22)23-17(2,3)4/h5-6,9,14-15,19,21H,7-8,10,18H2,1-4H3/t14-,15-/m0/s1. The number of β-amino-alcohol motifs (C(OH)–C–C–N with tert-alkyl or cyclic N) is 1. The molecule has 0 unspecified atom stereocenters. The van der Waals surface area contributed by atoms with Crippen molar-refractivity contribution in [1.82, 2.24) is 4.90 Å². The zero-order valence-corrected chi connectivity index (χ0v) is 14.3. The lowest BCUT2D eigenvalue weighted by Gasteiger charge is -2.37. The molecule has 0 radical (unpaired) electrons. The van der Waals surface area contributed by atoms with Crippen molar-refractivity contribution in [3.8, 4) is 0 Å². The molecule has 0 spiro atoms. The molecule has 2 rings (SSSR count). The zero-order valence-electron chi connectivity index (χ0n) is 14.3. The van der Waals surface area contributed by atoms with Gasteiger partial charge >= 0.3 is 6.09 Å². The number of hydrogen-bond donors (Lipinski definition) is 3. The van der Waals surface area contributed by atoms with E-state index in [2.05, 4.69) is 5.32 Å². The predicted molar refractivity (Wildman–Crippen MR) is 91.4 cm³/mol. The molecule has 1 fully saturated rings. The molecule has 23 heavy (non-hydrogen) atoms. The van der Waals surface area contributed by atoms with Crippen LogP contribution in [0.4, 0.5) is 16.2 Å². The molecule has 6 heteroatoms. The van der Waals surface area contributed by atoms with Crippen LogP contribution in [-0.4, -0.2) is 46.9 Å². The third-order valence-corrected chi connectivity index (χ3v) is 3.78. The number of amides is 1. The van der Waals surface area contributed by atoms with E-state index in [1.165, 1.54) is 0 Å². The summed E-state index contributed by atoms with van der Waals surface area (Å²) < 4.78 is 5.35. The number of benzene rings is 1. The topological polar surface area (TPSA) is 87.8 Å². The maximum absolute atomic E-state index is 12.1. The van der Waals surface area contributed by atoms with Gasteiger partial charge in [-0.05, 0) is 51.8 Å². The van der Waals surface area contributed by atoms with Gasteiger partial charge in [-0.1, -0.05) is 6.07 Å².